The molecule has 0 radical (unpaired) electrons. The number of amides is 1. The van der Waals surface area contributed by atoms with Gasteiger partial charge in [0, 0.05) is 25.0 Å². The number of carbonyl (C=O) groups is 1. The Morgan fingerprint density at radius 1 is 1.27 bits per heavy atom. The van der Waals surface area contributed by atoms with E-state index < -0.39 is 11.7 Å². The van der Waals surface area contributed by atoms with Crippen LogP contribution in [0.3, 0.4) is 0 Å². The molecule has 1 aromatic rings. The molecule has 160 valence electrons. The van der Waals surface area contributed by atoms with Crippen molar-refractivity contribution in [3.05, 3.63) is 53.9 Å². The Morgan fingerprint density at radius 3 is 2.73 bits per heavy atom. The van der Waals surface area contributed by atoms with Crippen LogP contribution in [0.15, 0.2) is 48.3 Å². The quantitative estimate of drug-likeness (QED) is 0.648. The maximum atomic E-state index is 13.2. The van der Waals surface area contributed by atoms with Gasteiger partial charge >= 0.3 is 0 Å². The summed E-state index contributed by atoms with van der Waals surface area (Å²) in [6, 6.07) is 5.65. The van der Waals surface area contributed by atoms with Gasteiger partial charge in [-0.25, -0.2) is 0 Å². The second-order valence-corrected chi connectivity index (χ2v) is 7.52. The van der Waals surface area contributed by atoms with Crippen LogP contribution in [0.1, 0.15) is 18.4 Å². The normalized spacial score (nSPS) is 21.8. The van der Waals surface area contributed by atoms with Crippen molar-refractivity contribution in [2.75, 3.05) is 34.0 Å². The molecule has 8 nitrogen and oxygen atoms in total. The topological polar surface area (TPSA) is 92.3 Å². The number of nitrogens with one attached hydrogen (secondary N) is 2. The second-order valence-electron chi connectivity index (χ2n) is 7.52. The molecule has 4 rings (SSSR count). The van der Waals surface area contributed by atoms with Gasteiger partial charge in [-0.3, -0.25) is 4.79 Å². The lowest BCUT2D eigenvalue weighted by Gasteiger charge is -2.38. The Balaban J connectivity index is 1.61. The third-order valence-electron chi connectivity index (χ3n) is 5.77. The number of carbonyl (C=O) groups excluding carboxylic acids is 1. The van der Waals surface area contributed by atoms with E-state index in [-0.39, 0.29) is 12.5 Å². The van der Waals surface area contributed by atoms with E-state index >= 15 is 0 Å². The molecular weight excluding hydrogens is 386 g/mol. The minimum Gasteiger partial charge on any atom is -0.493 e. The summed E-state index contributed by atoms with van der Waals surface area (Å²) >= 11 is 0. The summed E-state index contributed by atoms with van der Waals surface area (Å²) in [7, 11) is 3.19. The highest BCUT2D eigenvalue weighted by atomic mass is 16.5. The minimum atomic E-state index is -0.654. The Labute approximate surface area is 175 Å². The first-order chi connectivity index (χ1) is 14.6. The summed E-state index contributed by atoms with van der Waals surface area (Å²) < 4.78 is 16.2. The highest BCUT2D eigenvalue weighted by molar-refractivity contribution is 5.88. The molecule has 30 heavy (non-hydrogen) atoms. The lowest BCUT2D eigenvalue weighted by atomic mass is 9.91. The van der Waals surface area contributed by atoms with Gasteiger partial charge in [0.2, 0.25) is 0 Å². The van der Waals surface area contributed by atoms with Crippen LogP contribution in [0, 0.1) is 0 Å². The number of ether oxygens (including phenoxy) is 3. The van der Waals surface area contributed by atoms with Crippen molar-refractivity contribution in [1.82, 2.24) is 15.5 Å². The van der Waals surface area contributed by atoms with Crippen molar-refractivity contribution < 1.29 is 24.1 Å². The summed E-state index contributed by atoms with van der Waals surface area (Å²) in [6.45, 7) is 0.921. The summed E-state index contributed by atoms with van der Waals surface area (Å²) in [5.41, 5.74) is 1.93. The molecule has 0 bridgehead atoms. The second kappa shape index (κ2) is 8.41. The van der Waals surface area contributed by atoms with Gasteiger partial charge in [0.15, 0.2) is 17.7 Å². The van der Waals surface area contributed by atoms with Gasteiger partial charge in [-0.1, -0.05) is 6.08 Å². The number of aliphatic hydroxyl groups excluding tert-OH is 1. The number of hydrogen-bond donors (Lipinski definition) is 3. The van der Waals surface area contributed by atoms with Crippen molar-refractivity contribution in [2.24, 2.45) is 0 Å². The fourth-order valence-corrected chi connectivity index (χ4v) is 4.00. The van der Waals surface area contributed by atoms with Crippen molar-refractivity contribution in [3.63, 3.8) is 0 Å². The van der Waals surface area contributed by atoms with E-state index in [1.807, 2.05) is 47.5 Å². The molecule has 1 fully saturated rings. The van der Waals surface area contributed by atoms with Crippen LogP contribution >= 0.6 is 0 Å². The van der Waals surface area contributed by atoms with Crippen LogP contribution in [0.4, 0.5) is 0 Å². The Morgan fingerprint density at radius 2 is 2.03 bits per heavy atom. The maximum Gasteiger partial charge on any atom is 0.264 e. The summed E-state index contributed by atoms with van der Waals surface area (Å²) in [5, 5.41) is 16.4. The molecule has 1 amide bonds. The lowest BCUT2D eigenvalue weighted by molar-refractivity contribution is -0.129. The summed E-state index contributed by atoms with van der Waals surface area (Å²) in [6.07, 6.45) is 8.19. The van der Waals surface area contributed by atoms with E-state index in [1.54, 1.807) is 14.2 Å². The SMILES string of the molecule is COc1ccc(C2=C3C=CC=CN3C(C(=O)NC3(CO)CCOCC3)N2)cc1OC. The number of hydrogen-bond acceptors (Lipinski definition) is 7. The first-order valence-electron chi connectivity index (χ1n) is 9.98. The Kier molecular flexibility index (Phi) is 5.69. The predicted octanol–water partition coefficient (Wildman–Crippen LogP) is 1.34. The molecule has 1 unspecified atom stereocenters. The van der Waals surface area contributed by atoms with Crippen LogP contribution in [0.5, 0.6) is 11.5 Å². The molecular formula is C22H27N3O5. The average Bonchev–Trinajstić information content (AvgIpc) is 3.19. The third-order valence-corrected chi connectivity index (χ3v) is 5.77. The van der Waals surface area contributed by atoms with Gasteiger partial charge in [0.05, 0.1) is 37.8 Å². The molecule has 3 N–H and O–H groups in total. The zero-order chi connectivity index (χ0) is 21.1. The standard InChI is InChI=1S/C22H27N3O5/c1-28-17-7-6-15(13-18(17)29-2)19-16-5-3-4-10-25(16)20(23-19)21(27)24-22(14-26)8-11-30-12-9-22/h3-7,10,13,20,23,26H,8-9,11-12,14H2,1-2H3,(H,24,27). The zero-order valence-corrected chi connectivity index (χ0v) is 17.2. The van der Waals surface area contributed by atoms with E-state index in [9.17, 15) is 9.90 Å². The van der Waals surface area contributed by atoms with E-state index in [4.69, 9.17) is 14.2 Å². The van der Waals surface area contributed by atoms with E-state index in [0.717, 1.165) is 17.0 Å². The number of aliphatic hydroxyl groups is 1. The maximum absolute atomic E-state index is 13.2. The molecule has 0 aromatic heterocycles. The molecule has 3 aliphatic heterocycles. The van der Waals surface area contributed by atoms with Gasteiger partial charge in [0.1, 0.15) is 0 Å². The number of methoxy groups -OCH3 is 2. The van der Waals surface area contributed by atoms with Gasteiger partial charge < -0.3 is 34.9 Å². The molecule has 0 aliphatic carbocycles. The highest BCUT2D eigenvalue weighted by Crippen LogP contribution is 2.35. The molecule has 3 aliphatic rings. The largest absolute Gasteiger partial charge is 0.493 e. The average molecular weight is 413 g/mol. The van der Waals surface area contributed by atoms with Crippen molar-refractivity contribution in [2.45, 2.75) is 24.5 Å². The number of allylic oxidation sites excluding steroid dienone is 3. The molecule has 1 saturated heterocycles. The number of fused-ring (bicyclic) bond motifs is 1. The smallest absolute Gasteiger partial charge is 0.264 e. The molecule has 1 atom stereocenters. The van der Waals surface area contributed by atoms with E-state index in [0.29, 0.717) is 37.6 Å². The van der Waals surface area contributed by atoms with Gasteiger partial charge in [0.25, 0.3) is 5.91 Å². The van der Waals surface area contributed by atoms with Crippen molar-refractivity contribution in [3.8, 4) is 11.5 Å². The van der Waals surface area contributed by atoms with E-state index in [1.165, 1.54) is 0 Å². The van der Waals surface area contributed by atoms with Gasteiger partial charge in [-0.15, -0.1) is 0 Å². The van der Waals surface area contributed by atoms with Crippen LogP contribution in [-0.4, -0.2) is 61.7 Å². The first-order valence-corrected chi connectivity index (χ1v) is 9.98. The number of rotatable bonds is 6. The summed E-state index contributed by atoms with van der Waals surface area (Å²) in [4.78, 5) is 15.1. The van der Waals surface area contributed by atoms with Gasteiger partial charge in [-0.2, -0.15) is 0 Å². The molecule has 0 spiro atoms. The van der Waals surface area contributed by atoms with Crippen molar-refractivity contribution >= 4 is 11.6 Å². The van der Waals surface area contributed by atoms with Gasteiger partial charge in [-0.05, 0) is 43.2 Å². The molecule has 0 saturated carbocycles. The molecule has 8 heteroatoms. The number of nitrogens with zero attached hydrogens (tertiary/aromatic N) is 1. The molecule has 3 heterocycles. The highest BCUT2D eigenvalue weighted by Gasteiger charge is 2.40. The van der Waals surface area contributed by atoms with Crippen LogP contribution in [0.25, 0.3) is 5.70 Å². The zero-order valence-electron chi connectivity index (χ0n) is 17.2. The van der Waals surface area contributed by atoms with Crippen molar-refractivity contribution in [1.29, 1.82) is 0 Å². The monoisotopic (exact) mass is 413 g/mol. The lowest BCUT2D eigenvalue weighted by Crippen LogP contribution is -2.60. The fourth-order valence-electron chi connectivity index (χ4n) is 4.00. The first kappa shape index (κ1) is 20.3. The predicted molar refractivity (Wildman–Crippen MR) is 112 cm³/mol. The Hall–Kier alpha value is -2.97. The van der Waals surface area contributed by atoms with Crippen LogP contribution in [0.2, 0.25) is 0 Å². The van der Waals surface area contributed by atoms with Crippen LogP contribution < -0.4 is 20.1 Å². The fraction of sp³-hybridized carbons (Fsp3) is 0.409. The Bertz CT molecular complexity index is 902. The summed E-state index contributed by atoms with van der Waals surface area (Å²) in [5.74, 6) is 1.06. The minimum absolute atomic E-state index is 0.118. The molecule has 1 aromatic carbocycles. The number of benzene rings is 1. The van der Waals surface area contributed by atoms with E-state index in [2.05, 4.69) is 10.6 Å². The third kappa shape index (κ3) is 3.64. The van der Waals surface area contributed by atoms with Crippen LogP contribution in [-0.2, 0) is 9.53 Å².